The van der Waals surface area contributed by atoms with Crippen molar-refractivity contribution in [1.82, 2.24) is 29.6 Å². The molecule has 9 nitrogen and oxygen atoms in total. The van der Waals surface area contributed by atoms with Crippen LogP contribution in [0.2, 0.25) is 0 Å². The SMILES string of the molecule is C[C@@H]1N[C@@H](C)CN(c2cc(S(=O)(=O)NC3(C)CC3)cn3c(-c4nnc(C(F)F)s4)cnc23)[C@H]1C. The number of aromatic nitrogens is 4. The fourth-order valence-electron chi connectivity index (χ4n) is 4.35. The summed E-state index contributed by atoms with van der Waals surface area (Å²) in [4.78, 5) is 6.80. The second kappa shape index (κ2) is 8.18. The van der Waals surface area contributed by atoms with E-state index in [1.165, 1.54) is 12.4 Å². The van der Waals surface area contributed by atoms with Gasteiger partial charge in [-0.05, 0) is 46.6 Å². The number of hydrogen-bond acceptors (Lipinski definition) is 8. The molecule has 2 aliphatic rings. The lowest BCUT2D eigenvalue weighted by Crippen LogP contribution is -2.59. The summed E-state index contributed by atoms with van der Waals surface area (Å²) in [5.41, 5.74) is 1.18. The van der Waals surface area contributed by atoms with E-state index in [1.807, 2.05) is 6.92 Å². The molecule has 1 aliphatic heterocycles. The molecule has 0 amide bonds. The summed E-state index contributed by atoms with van der Waals surface area (Å²) in [7, 11) is -3.83. The first-order valence-corrected chi connectivity index (χ1v) is 13.5. The van der Waals surface area contributed by atoms with E-state index >= 15 is 0 Å². The fourth-order valence-corrected chi connectivity index (χ4v) is 6.54. The minimum atomic E-state index is -3.83. The van der Waals surface area contributed by atoms with Gasteiger partial charge in [0.15, 0.2) is 15.7 Å². The van der Waals surface area contributed by atoms with E-state index in [9.17, 15) is 17.2 Å². The second-order valence-electron chi connectivity index (χ2n) is 9.56. The first-order chi connectivity index (χ1) is 16.0. The molecule has 34 heavy (non-hydrogen) atoms. The molecule has 1 saturated carbocycles. The Bertz CT molecular complexity index is 1340. The van der Waals surface area contributed by atoms with E-state index in [-0.39, 0.29) is 28.0 Å². The molecule has 13 heteroatoms. The predicted molar refractivity (Wildman–Crippen MR) is 126 cm³/mol. The molecule has 3 aromatic heterocycles. The largest absolute Gasteiger partial charge is 0.363 e. The van der Waals surface area contributed by atoms with E-state index in [4.69, 9.17) is 0 Å². The number of halogens is 2. The molecule has 2 fully saturated rings. The average molecular weight is 512 g/mol. The molecular formula is C21H27F2N7O2S2. The molecule has 1 saturated heterocycles. The first-order valence-electron chi connectivity index (χ1n) is 11.2. The Morgan fingerprint density at radius 3 is 2.65 bits per heavy atom. The number of alkyl halides is 2. The van der Waals surface area contributed by atoms with E-state index < -0.39 is 27.0 Å². The van der Waals surface area contributed by atoms with Crippen molar-refractivity contribution < 1.29 is 17.2 Å². The number of piperazine rings is 1. The molecule has 0 bridgehead atoms. The molecule has 184 valence electrons. The van der Waals surface area contributed by atoms with Gasteiger partial charge in [0.05, 0.1) is 11.9 Å². The smallest absolute Gasteiger partial charge is 0.291 e. The van der Waals surface area contributed by atoms with Crippen LogP contribution in [0.3, 0.4) is 0 Å². The van der Waals surface area contributed by atoms with Gasteiger partial charge >= 0.3 is 0 Å². The van der Waals surface area contributed by atoms with E-state index in [2.05, 4.69) is 50.9 Å². The lowest BCUT2D eigenvalue weighted by atomic mass is 10.0. The zero-order chi connectivity index (χ0) is 24.4. The van der Waals surface area contributed by atoms with Crippen LogP contribution in [0, 0.1) is 0 Å². The average Bonchev–Trinajstić information content (AvgIpc) is 3.17. The van der Waals surface area contributed by atoms with Gasteiger partial charge in [-0.3, -0.25) is 4.40 Å². The number of nitrogens with zero attached hydrogens (tertiary/aromatic N) is 5. The third-order valence-corrected chi connectivity index (χ3v) is 9.20. The molecule has 0 radical (unpaired) electrons. The lowest BCUT2D eigenvalue weighted by Gasteiger charge is -2.43. The van der Waals surface area contributed by atoms with Crippen LogP contribution >= 0.6 is 11.3 Å². The van der Waals surface area contributed by atoms with Gasteiger partial charge in [0.1, 0.15) is 10.6 Å². The number of pyridine rings is 1. The van der Waals surface area contributed by atoms with Gasteiger partial charge in [-0.25, -0.2) is 26.9 Å². The Morgan fingerprint density at radius 2 is 2.00 bits per heavy atom. The first kappa shape index (κ1) is 23.5. The third kappa shape index (κ3) is 4.18. The number of hydrogen-bond donors (Lipinski definition) is 2. The molecule has 3 atom stereocenters. The van der Waals surface area contributed by atoms with Crippen molar-refractivity contribution in [3.8, 4) is 10.7 Å². The quantitative estimate of drug-likeness (QED) is 0.524. The molecule has 4 heterocycles. The lowest BCUT2D eigenvalue weighted by molar-refractivity contribution is 0.150. The molecule has 1 aliphatic carbocycles. The van der Waals surface area contributed by atoms with E-state index in [0.717, 1.165) is 24.2 Å². The molecule has 3 aromatic rings. The van der Waals surface area contributed by atoms with Crippen molar-refractivity contribution in [3.63, 3.8) is 0 Å². The maximum absolute atomic E-state index is 13.3. The molecule has 0 spiro atoms. The summed E-state index contributed by atoms with van der Waals surface area (Å²) >= 11 is 0.768. The van der Waals surface area contributed by atoms with E-state index in [0.29, 0.717) is 23.6 Å². The summed E-state index contributed by atoms with van der Waals surface area (Å²) < 4.78 is 57.4. The highest BCUT2D eigenvalue weighted by Gasteiger charge is 2.42. The number of nitrogens with one attached hydrogen (secondary N) is 2. The Balaban J connectivity index is 1.69. The number of anilines is 1. The van der Waals surface area contributed by atoms with Crippen LogP contribution in [0.4, 0.5) is 14.5 Å². The molecule has 2 N–H and O–H groups in total. The normalized spacial score (nSPS) is 24.8. The summed E-state index contributed by atoms with van der Waals surface area (Å²) in [6.07, 6.45) is 1.84. The maximum atomic E-state index is 13.3. The van der Waals surface area contributed by atoms with Gasteiger partial charge in [-0.1, -0.05) is 11.3 Å². The minimum absolute atomic E-state index is 0.0685. The Morgan fingerprint density at radius 1 is 1.26 bits per heavy atom. The summed E-state index contributed by atoms with van der Waals surface area (Å²) in [6, 6.07) is 2.07. The van der Waals surface area contributed by atoms with Crippen molar-refractivity contribution >= 4 is 32.7 Å². The van der Waals surface area contributed by atoms with E-state index in [1.54, 1.807) is 10.5 Å². The van der Waals surface area contributed by atoms with Crippen LogP contribution in [-0.2, 0) is 10.0 Å². The maximum Gasteiger partial charge on any atom is 0.291 e. The highest BCUT2D eigenvalue weighted by Crippen LogP contribution is 2.38. The highest BCUT2D eigenvalue weighted by atomic mass is 32.2. The van der Waals surface area contributed by atoms with Crippen molar-refractivity contribution in [2.75, 3.05) is 11.4 Å². The van der Waals surface area contributed by atoms with Gasteiger partial charge in [-0.15, -0.1) is 10.2 Å². The van der Waals surface area contributed by atoms with Crippen molar-refractivity contribution in [3.05, 3.63) is 23.5 Å². The predicted octanol–water partition coefficient (Wildman–Crippen LogP) is 3.20. The minimum Gasteiger partial charge on any atom is -0.363 e. The number of rotatable bonds is 6. The van der Waals surface area contributed by atoms with Gasteiger partial charge < -0.3 is 10.2 Å². The Labute approximate surface area is 200 Å². The number of imidazole rings is 1. The molecule has 5 rings (SSSR count). The van der Waals surface area contributed by atoms with Crippen LogP contribution in [0.5, 0.6) is 0 Å². The van der Waals surface area contributed by atoms with Crippen LogP contribution in [0.15, 0.2) is 23.4 Å². The zero-order valence-corrected chi connectivity index (χ0v) is 20.9. The number of fused-ring (bicyclic) bond motifs is 1. The van der Waals surface area contributed by atoms with Crippen molar-refractivity contribution in [1.29, 1.82) is 0 Å². The summed E-state index contributed by atoms with van der Waals surface area (Å²) in [6.45, 7) is 8.78. The molecule has 0 aromatic carbocycles. The van der Waals surface area contributed by atoms with Crippen LogP contribution < -0.4 is 14.9 Å². The van der Waals surface area contributed by atoms with Gasteiger partial charge in [0.2, 0.25) is 10.0 Å². The van der Waals surface area contributed by atoms with Crippen molar-refractivity contribution in [2.24, 2.45) is 0 Å². The zero-order valence-electron chi connectivity index (χ0n) is 19.3. The standard InChI is InChI=1S/C21H27F2N7O2S2/c1-11-9-29(13(3)12(2)25-11)15-7-14(34(31,32)28-21(4)5-6-21)10-30-16(8-24-18(15)30)19-26-27-20(33-19)17(22)23/h7-8,10-13,17,25,28H,5-6,9H2,1-4H3/t11-,12-,13-/m0/s1. The van der Waals surface area contributed by atoms with Gasteiger partial charge in [0, 0.05) is 36.4 Å². The fraction of sp³-hybridized carbons (Fsp3) is 0.571. The molecule has 0 unspecified atom stereocenters. The molecular weight excluding hydrogens is 484 g/mol. The summed E-state index contributed by atoms with van der Waals surface area (Å²) in [5.74, 6) is 0. The topological polar surface area (TPSA) is 105 Å². The summed E-state index contributed by atoms with van der Waals surface area (Å²) in [5, 5.41) is 10.9. The Hall–Kier alpha value is -2.22. The third-order valence-electron chi connectivity index (χ3n) is 6.64. The highest BCUT2D eigenvalue weighted by molar-refractivity contribution is 7.89. The number of sulfonamides is 1. The second-order valence-corrected chi connectivity index (χ2v) is 12.3. The van der Waals surface area contributed by atoms with Crippen molar-refractivity contribution in [2.45, 2.75) is 75.5 Å². The Kier molecular flexibility index (Phi) is 5.66. The van der Waals surface area contributed by atoms with Crippen LogP contribution in [-0.4, -0.2) is 58.2 Å². The van der Waals surface area contributed by atoms with Gasteiger partial charge in [-0.2, -0.15) is 0 Å². The monoisotopic (exact) mass is 511 g/mol. The van der Waals surface area contributed by atoms with Crippen LogP contribution in [0.25, 0.3) is 16.3 Å². The van der Waals surface area contributed by atoms with Crippen LogP contribution in [0.1, 0.15) is 52.0 Å². The van der Waals surface area contributed by atoms with Gasteiger partial charge in [0.25, 0.3) is 6.43 Å².